The molecule has 0 spiro atoms. The zero-order valence-corrected chi connectivity index (χ0v) is 11.5. The molecule has 0 aliphatic carbocycles. The third-order valence-electron chi connectivity index (χ3n) is 2.54. The lowest BCUT2D eigenvalue weighted by Crippen LogP contribution is -2.11. The lowest BCUT2D eigenvalue weighted by Gasteiger charge is -2.07. The summed E-state index contributed by atoms with van der Waals surface area (Å²) >= 11 is 5.77. The predicted molar refractivity (Wildman–Crippen MR) is 73.9 cm³/mol. The second-order valence-corrected chi connectivity index (χ2v) is 4.18. The molecule has 2 aromatic rings. The Morgan fingerprint density at radius 1 is 1.38 bits per heavy atom. The number of carbonyl (C=O) groups excluding carboxylic acids is 1. The van der Waals surface area contributed by atoms with Crippen molar-refractivity contribution in [1.82, 2.24) is 4.98 Å². The van der Waals surface area contributed by atoms with Gasteiger partial charge in [0.15, 0.2) is 0 Å². The van der Waals surface area contributed by atoms with Crippen molar-refractivity contribution in [3.63, 3.8) is 0 Å². The largest absolute Gasteiger partial charge is 0.496 e. The molecular formula is C13H9ClN2O5. The highest BCUT2D eigenvalue weighted by atomic mass is 35.5. The highest BCUT2D eigenvalue weighted by Crippen LogP contribution is 2.31. The number of pyridine rings is 1. The Labute approximate surface area is 124 Å². The summed E-state index contributed by atoms with van der Waals surface area (Å²) in [6.45, 7) is 0. The lowest BCUT2D eigenvalue weighted by atomic mass is 10.2. The molecule has 1 heterocycles. The number of ether oxygens (including phenoxy) is 2. The molecule has 0 aliphatic heterocycles. The van der Waals surface area contributed by atoms with Crippen LogP contribution in [-0.2, 0) is 0 Å². The number of methoxy groups -OCH3 is 1. The van der Waals surface area contributed by atoms with E-state index in [-0.39, 0.29) is 27.9 Å². The summed E-state index contributed by atoms with van der Waals surface area (Å²) in [5.74, 6) is -0.756. The number of rotatable bonds is 4. The van der Waals surface area contributed by atoms with Crippen LogP contribution < -0.4 is 9.47 Å². The van der Waals surface area contributed by atoms with Crippen molar-refractivity contribution in [2.24, 2.45) is 0 Å². The Morgan fingerprint density at radius 2 is 2.14 bits per heavy atom. The number of benzene rings is 1. The third kappa shape index (κ3) is 3.26. The summed E-state index contributed by atoms with van der Waals surface area (Å²) in [6, 6.07) is 6.80. The topological polar surface area (TPSA) is 91.6 Å². The molecule has 108 valence electrons. The van der Waals surface area contributed by atoms with Gasteiger partial charge in [0.2, 0.25) is 5.75 Å². The minimum atomic E-state index is -0.832. The summed E-state index contributed by atoms with van der Waals surface area (Å²) in [5.41, 5.74) is -0.369. The maximum Gasteiger partial charge on any atom is 0.346 e. The van der Waals surface area contributed by atoms with E-state index in [0.717, 1.165) is 6.07 Å². The number of carbonyl (C=O) groups is 1. The molecule has 2 rings (SSSR count). The molecule has 8 heteroatoms. The number of halogens is 1. The van der Waals surface area contributed by atoms with Crippen LogP contribution in [-0.4, -0.2) is 23.0 Å². The van der Waals surface area contributed by atoms with Gasteiger partial charge in [-0.25, -0.2) is 9.78 Å². The van der Waals surface area contributed by atoms with Gasteiger partial charge in [-0.15, -0.1) is 0 Å². The van der Waals surface area contributed by atoms with Crippen LogP contribution in [0.3, 0.4) is 0 Å². The van der Waals surface area contributed by atoms with Crippen LogP contribution in [0.15, 0.2) is 36.5 Å². The quantitative estimate of drug-likeness (QED) is 0.283. The Hall–Kier alpha value is -2.67. The van der Waals surface area contributed by atoms with E-state index in [0.29, 0.717) is 0 Å². The van der Waals surface area contributed by atoms with E-state index in [1.165, 1.54) is 37.6 Å². The maximum absolute atomic E-state index is 12.0. The van der Waals surface area contributed by atoms with E-state index in [1.807, 2.05) is 0 Å². The van der Waals surface area contributed by atoms with Gasteiger partial charge >= 0.3 is 11.7 Å². The normalized spacial score (nSPS) is 10.0. The fraction of sp³-hybridized carbons (Fsp3) is 0.0769. The number of aromatic nitrogens is 1. The van der Waals surface area contributed by atoms with Crippen molar-refractivity contribution in [2.75, 3.05) is 7.11 Å². The second-order valence-electron chi connectivity index (χ2n) is 3.82. The third-order valence-corrected chi connectivity index (χ3v) is 2.85. The Kier molecular flexibility index (Phi) is 4.34. The van der Waals surface area contributed by atoms with Crippen LogP contribution in [0.4, 0.5) is 5.69 Å². The van der Waals surface area contributed by atoms with Crippen LogP contribution in [0.5, 0.6) is 11.5 Å². The number of nitro groups is 1. The first-order chi connectivity index (χ1) is 10.0. The Balaban J connectivity index is 2.33. The van der Waals surface area contributed by atoms with E-state index in [1.54, 1.807) is 0 Å². The van der Waals surface area contributed by atoms with Crippen molar-refractivity contribution < 1.29 is 19.2 Å². The van der Waals surface area contributed by atoms with Gasteiger partial charge in [0.05, 0.1) is 23.7 Å². The van der Waals surface area contributed by atoms with E-state index in [2.05, 4.69) is 4.98 Å². The first kappa shape index (κ1) is 14.7. The molecule has 0 fully saturated rings. The number of hydrogen-bond acceptors (Lipinski definition) is 6. The molecule has 0 saturated heterocycles. The molecule has 0 aliphatic rings. The zero-order chi connectivity index (χ0) is 15.4. The van der Waals surface area contributed by atoms with Crippen LogP contribution in [0, 0.1) is 10.1 Å². The fourth-order valence-electron chi connectivity index (χ4n) is 1.55. The van der Waals surface area contributed by atoms with Gasteiger partial charge in [-0.05, 0) is 24.3 Å². The number of esters is 1. The van der Waals surface area contributed by atoms with Crippen molar-refractivity contribution in [3.8, 4) is 11.5 Å². The van der Waals surface area contributed by atoms with Crippen LogP contribution in [0.25, 0.3) is 0 Å². The highest BCUT2D eigenvalue weighted by molar-refractivity contribution is 6.32. The van der Waals surface area contributed by atoms with E-state index in [9.17, 15) is 14.9 Å². The number of nitro benzene ring substituents is 1. The average Bonchev–Trinajstić information content (AvgIpc) is 2.47. The van der Waals surface area contributed by atoms with Gasteiger partial charge < -0.3 is 9.47 Å². The molecule has 21 heavy (non-hydrogen) atoms. The summed E-state index contributed by atoms with van der Waals surface area (Å²) in [4.78, 5) is 26.0. The van der Waals surface area contributed by atoms with Crippen molar-refractivity contribution >= 4 is 23.3 Å². The summed E-state index contributed by atoms with van der Waals surface area (Å²) in [7, 11) is 1.38. The van der Waals surface area contributed by atoms with E-state index in [4.69, 9.17) is 21.1 Å². The van der Waals surface area contributed by atoms with Gasteiger partial charge in [-0.1, -0.05) is 11.6 Å². The molecule has 0 bridgehead atoms. The van der Waals surface area contributed by atoms with Gasteiger partial charge in [0, 0.05) is 6.20 Å². The predicted octanol–water partition coefficient (Wildman–Crippen LogP) is 2.87. The molecule has 0 atom stereocenters. The first-order valence-electron chi connectivity index (χ1n) is 5.68. The van der Waals surface area contributed by atoms with Crippen molar-refractivity contribution in [3.05, 3.63) is 57.4 Å². The smallest absolute Gasteiger partial charge is 0.346 e. The van der Waals surface area contributed by atoms with E-state index >= 15 is 0 Å². The van der Waals surface area contributed by atoms with Crippen LogP contribution >= 0.6 is 11.6 Å². The minimum absolute atomic E-state index is 0.0179. The molecule has 7 nitrogen and oxygen atoms in total. The molecule has 0 radical (unpaired) electrons. The summed E-state index contributed by atoms with van der Waals surface area (Å²) in [6.07, 6.45) is 1.41. The SMILES string of the molecule is COc1ccc(OC(=O)c2cccnc2Cl)c([N+](=O)[O-])c1. The highest BCUT2D eigenvalue weighted by Gasteiger charge is 2.21. The molecule has 0 N–H and O–H groups in total. The second kappa shape index (κ2) is 6.19. The van der Waals surface area contributed by atoms with Crippen LogP contribution in [0.2, 0.25) is 5.15 Å². The fourth-order valence-corrected chi connectivity index (χ4v) is 1.74. The summed E-state index contributed by atoms with van der Waals surface area (Å²) < 4.78 is 9.91. The molecule has 0 saturated carbocycles. The molecule has 1 aromatic heterocycles. The van der Waals surface area contributed by atoms with Gasteiger partial charge in [0.25, 0.3) is 0 Å². The van der Waals surface area contributed by atoms with Gasteiger partial charge in [0.1, 0.15) is 10.9 Å². The molecule has 1 aromatic carbocycles. The van der Waals surface area contributed by atoms with Crippen molar-refractivity contribution in [2.45, 2.75) is 0 Å². The molecule has 0 amide bonds. The lowest BCUT2D eigenvalue weighted by molar-refractivity contribution is -0.385. The zero-order valence-electron chi connectivity index (χ0n) is 10.8. The minimum Gasteiger partial charge on any atom is -0.496 e. The van der Waals surface area contributed by atoms with Gasteiger partial charge in [-0.3, -0.25) is 10.1 Å². The number of hydrogen-bond donors (Lipinski definition) is 0. The first-order valence-corrected chi connectivity index (χ1v) is 6.06. The standard InChI is InChI=1S/C13H9ClN2O5/c1-20-8-4-5-11(10(7-8)16(18)19)21-13(17)9-3-2-6-15-12(9)14/h2-7H,1H3. The average molecular weight is 309 g/mol. The maximum atomic E-state index is 12.0. The number of nitrogens with zero attached hydrogens (tertiary/aromatic N) is 2. The summed E-state index contributed by atoms with van der Waals surface area (Å²) in [5, 5.41) is 11.0. The Morgan fingerprint density at radius 3 is 2.76 bits per heavy atom. The Bertz CT molecular complexity index is 705. The van der Waals surface area contributed by atoms with E-state index < -0.39 is 10.9 Å². The van der Waals surface area contributed by atoms with Crippen LogP contribution in [0.1, 0.15) is 10.4 Å². The molecule has 0 unspecified atom stereocenters. The van der Waals surface area contributed by atoms with Gasteiger partial charge in [-0.2, -0.15) is 0 Å². The monoisotopic (exact) mass is 308 g/mol. The molecular weight excluding hydrogens is 300 g/mol. The van der Waals surface area contributed by atoms with Crippen molar-refractivity contribution in [1.29, 1.82) is 0 Å².